The monoisotopic (exact) mass is 356 g/mol. The van der Waals surface area contributed by atoms with Crippen LogP contribution in [0.2, 0.25) is 0 Å². The summed E-state index contributed by atoms with van der Waals surface area (Å²) >= 11 is 1.63. The van der Waals surface area contributed by atoms with Crippen LogP contribution in [0.5, 0.6) is 0 Å². The van der Waals surface area contributed by atoms with Gasteiger partial charge in [0.1, 0.15) is 6.54 Å². The fraction of sp³-hybridized carbons (Fsp3) is 0.278. The number of fused-ring (bicyclic) bond motifs is 1. The fourth-order valence-corrected chi connectivity index (χ4v) is 3.41. The van der Waals surface area contributed by atoms with Crippen LogP contribution < -0.4 is 10.9 Å². The highest BCUT2D eigenvalue weighted by Gasteiger charge is 2.16. The van der Waals surface area contributed by atoms with Gasteiger partial charge in [-0.05, 0) is 48.6 Å². The van der Waals surface area contributed by atoms with Gasteiger partial charge in [-0.3, -0.25) is 14.2 Å². The van der Waals surface area contributed by atoms with Crippen molar-refractivity contribution in [3.05, 3.63) is 63.3 Å². The minimum Gasteiger partial charge on any atom is -0.353 e. The first-order chi connectivity index (χ1) is 12.1. The predicted molar refractivity (Wildman–Crippen MR) is 99.8 cm³/mol. The molecule has 7 heteroatoms. The van der Waals surface area contributed by atoms with Crippen LogP contribution in [0.3, 0.4) is 0 Å². The van der Waals surface area contributed by atoms with Crippen LogP contribution in [0.15, 0.2) is 52.2 Å². The van der Waals surface area contributed by atoms with Crippen LogP contribution in [0.25, 0.3) is 10.9 Å². The Kier molecular flexibility index (Phi) is 5.25. The van der Waals surface area contributed by atoms with Crippen LogP contribution in [-0.4, -0.2) is 41.0 Å². The number of carbonyl (C=O) groups excluding carboxylic acids is 1. The van der Waals surface area contributed by atoms with Gasteiger partial charge in [0, 0.05) is 6.54 Å². The standard InChI is InChI=1S/C18H20N4O2S/c1-21(2)16(13-7-8-25-11-13)9-19-17(23)10-22-12-20-15-6-4-3-5-14(15)18(22)24/h3-8,11-12,16H,9-10H2,1-2H3,(H,19,23)/t16-/m0/s1. The van der Waals surface area contributed by atoms with Gasteiger partial charge >= 0.3 is 0 Å². The molecule has 0 aliphatic heterocycles. The molecule has 0 saturated carbocycles. The molecule has 2 aromatic heterocycles. The van der Waals surface area contributed by atoms with Gasteiger partial charge < -0.3 is 10.2 Å². The topological polar surface area (TPSA) is 67.2 Å². The van der Waals surface area contributed by atoms with Gasteiger partial charge in [-0.1, -0.05) is 12.1 Å². The van der Waals surface area contributed by atoms with Crippen LogP contribution in [0.4, 0.5) is 0 Å². The van der Waals surface area contributed by atoms with Crippen molar-refractivity contribution in [3.63, 3.8) is 0 Å². The summed E-state index contributed by atoms with van der Waals surface area (Å²) in [7, 11) is 3.96. The third kappa shape index (κ3) is 3.94. The predicted octanol–water partition coefficient (Wildman–Crippen LogP) is 1.88. The highest BCUT2D eigenvalue weighted by Crippen LogP contribution is 2.19. The molecule has 3 aromatic rings. The molecule has 1 aromatic carbocycles. The number of nitrogens with one attached hydrogen (secondary N) is 1. The Hall–Kier alpha value is -2.51. The molecule has 130 valence electrons. The molecule has 1 amide bonds. The van der Waals surface area contributed by atoms with E-state index >= 15 is 0 Å². The second-order valence-electron chi connectivity index (χ2n) is 6.03. The van der Waals surface area contributed by atoms with E-state index in [0.717, 1.165) is 0 Å². The molecule has 1 N–H and O–H groups in total. The number of carbonyl (C=O) groups is 1. The van der Waals surface area contributed by atoms with E-state index in [9.17, 15) is 9.59 Å². The molecule has 0 fully saturated rings. The van der Waals surface area contributed by atoms with Crippen LogP contribution in [-0.2, 0) is 11.3 Å². The molecule has 3 rings (SSSR count). The van der Waals surface area contributed by atoms with Crippen molar-refractivity contribution in [2.45, 2.75) is 12.6 Å². The molecule has 0 aliphatic rings. The summed E-state index contributed by atoms with van der Waals surface area (Å²) in [6.45, 7) is 0.443. The molecular formula is C18H20N4O2S. The van der Waals surface area contributed by atoms with Crippen LogP contribution >= 0.6 is 11.3 Å². The molecule has 6 nitrogen and oxygen atoms in total. The zero-order valence-electron chi connectivity index (χ0n) is 14.2. The highest BCUT2D eigenvalue weighted by atomic mass is 32.1. The molecule has 0 bridgehead atoms. The smallest absolute Gasteiger partial charge is 0.261 e. The normalized spacial score (nSPS) is 12.4. The van der Waals surface area contributed by atoms with E-state index in [1.807, 2.05) is 25.5 Å². The van der Waals surface area contributed by atoms with Crippen molar-refractivity contribution in [1.29, 1.82) is 0 Å². The number of hydrogen-bond acceptors (Lipinski definition) is 5. The number of thiophene rings is 1. The second kappa shape index (κ2) is 7.58. The van der Waals surface area contributed by atoms with E-state index in [0.29, 0.717) is 17.4 Å². The van der Waals surface area contributed by atoms with E-state index in [1.165, 1.54) is 16.5 Å². The first-order valence-corrected chi connectivity index (χ1v) is 8.90. The maximum Gasteiger partial charge on any atom is 0.261 e. The Morgan fingerprint density at radius 3 is 2.84 bits per heavy atom. The lowest BCUT2D eigenvalue weighted by Gasteiger charge is -2.24. The van der Waals surface area contributed by atoms with Crippen molar-refractivity contribution in [2.75, 3.05) is 20.6 Å². The van der Waals surface area contributed by atoms with Crippen molar-refractivity contribution in [2.24, 2.45) is 0 Å². The summed E-state index contributed by atoms with van der Waals surface area (Å²) in [5, 5.41) is 7.53. The van der Waals surface area contributed by atoms with Gasteiger partial charge in [0.25, 0.3) is 5.56 Å². The third-order valence-electron chi connectivity index (χ3n) is 4.09. The summed E-state index contributed by atoms with van der Waals surface area (Å²) in [5.74, 6) is -0.207. The molecule has 2 heterocycles. The molecule has 0 spiro atoms. The van der Waals surface area contributed by atoms with Crippen molar-refractivity contribution < 1.29 is 4.79 Å². The summed E-state index contributed by atoms with van der Waals surface area (Å²) < 4.78 is 1.34. The summed E-state index contributed by atoms with van der Waals surface area (Å²) in [5.41, 5.74) is 1.59. The summed E-state index contributed by atoms with van der Waals surface area (Å²) in [4.78, 5) is 31.0. The minimum atomic E-state index is -0.207. The van der Waals surface area contributed by atoms with E-state index in [4.69, 9.17) is 0 Å². The largest absolute Gasteiger partial charge is 0.353 e. The second-order valence-corrected chi connectivity index (χ2v) is 6.81. The van der Waals surface area contributed by atoms with Gasteiger partial charge in [0.15, 0.2) is 0 Å². The summed E-state index contributed by atoms with van der Waals surface area (Å²) in [6.07, 6.45) is 1.42. The van der Waals surface area contributed by atoms with E-state index in [1.54, 1.807) is 29.5 Å². The van der Waals surface area contributed by atoms with Gasteiger partial charge in [-0.25, -0.2) is 4.98 Å². The number of nitrogens with zero attached hydrogens (tertiary/aromatic N) is 3. The Morgan fingerprint density at radius 1 is 1.32 bits per heavy atom. The molecule has 0 unspecified atom stereocenters. The number of benzene rings is 1. The maximum absolute atomic E-state index is 12.4. The third-order valence-corrected chi connectivity index (χ3v) is 4.79. The van der Waals surface area contributed by atoms with Crippen LogP contribution in [0.1, 0.15) is 11.6 Å². The lowest BCUT2D eigenvalue weighted by atomic mass is 10.1. The zero-order valence-corrected chi connectivity index (χ0v) is 15.0. The first kappa shape index (κ1) is 17.3. The van der Waals surface area contributed by atoms with E-state index in [-0.39, 0.29) is 24.1 Å². The molecule has 0 aliphatic carbocycles. The molecular weight excluding hydrogens is 336 g/mol. The van der Waals surface area contributed by atoms with E-state index < -0.39 is 0 Å². The van der Waals surface area contributed by atoms with Crippen molar-refractivity contribution in [3.8, 4) is 0 Å². The fourth-order valence-electron chi connectivity index (χ4n) is 2.70. The Morgan fingerprint density at radius 2 is 2.12 bits per heavy atom. The minimum absolute atomic E-state index is 0.0412. The van der Waals surface area contributed by atoms with Crippen molar-refractivity contribution >= 4 is 28.1 Å². The van der Waals surface area contributed by atoms with Crippen molar-refractivity contribution in [1.82, 2.24) is 19.8 Å². The number of para-hydroxylation sites is 1. The number of amides is 1. The van der Waals surface area contributed by atoms with Gasteiger partial charge in [0.2, 0.25) is 5.91 Å². The first-order valence-electron chi connectivity index (χ1n) is 7.95. The Bertz CT molecular complexity index is 918. The summed E-state index contributed by atoms with van der Waals surface area (Å²) in [6, 6.07) is 9.28. The van der Waals surface area contributed by atoms with Crippen LogP contribution in [0, 0.1) is 0 Å². The van der Waals surface area contributed by atoms with Gasteiger partial charge in [-0.2, -0.15) is 11.3 Å². The maximum atomic E-state index is 12.4. The van der Waals surface area contributed by atoms with Gasteiger partial charge in [-0.15, -0.1) is 0 Å². The number of likely N-dealkylation sites (N-methyl/N-ethyl adjacent to an activating group) is 1. The SMILES string of the molecule is CN(C)[C@@H](CNC(=O)Cn1cnc2ccccc2c1=O)c1ccsc1. The lowest BCUT2D eigenvalue weighted by Crippen LogP contribution is -2.37. The lowest BCUT2D eigenvalue weighted by molar-refractivity contribution is -0.121. The average Bonchev–Trinajstić information content (AvgIpc) is 3.12. The number of rotatable bonds is 6. The van der Waals surface area contributed by atoms with E-state index in [2.05, 4.69) is 26.6 Å². The zero-order chi connectivity index (χ0) is 17.8. The number of aromatic nitrogens is 2. The number of hydrogen-bond donors (Lipinski definition) is 1. The molecule has 0 saturated heterocycles. The average molecular weight is 356 g/mol. The molecule has 25 heavy (non-hydrogen) atoms. The molecule has 0 radical (unpaired) electrons. The Labute approximate surface area is 149 Å². The van der Waals surface area contributed by atoms with Gasteiger partial charge in [0.05, 0.1) is 23.3 Å². The molecule has 1 atom stereocenters. The quantitative estimate of drug-likeness (QED) is 0.732. The highest BCUT2D eigenvalue weighted by molar-refractivity contribution is 7.07. The Balaban J connectivity index is 1.68.